The molecule has 0 saturated heterocycles. The number of aromatic nitrogens is 3. The van der Waals surface area contributed by atoms with Gasteiger partial charge in [-0.2, -0.15) is 0 Å². The highest BCUT2D eigenvalue weighted by Gasteiger charge is 2.06. The number of aliphatic carboxylic acids is 1. The molecule has 0 fully saturated rings. The van der Waals surface area contributed by atoms with E-state index in [4.69, 9.17) is 37.8 Å². The number of halogens is 2. The molecule has 1 N–H and O–H groups in total. The minimum atomic E-state index is -0.833. The van der Waals surface area contributed by atoms with Crippen LogP contribution in [0.2, 0.25) is 10.0 Å². The number of rotatable bonds is 6. The summed E-state index contributed by atoms with van der Waals surface area (Å²) in [5.74, 6) is 0.430. The average Bonchev–Trinajstić information content (AvgIpc) is 2.68. The van der Waals surface area contributed by atoms with E-state index in [0.29, 0.717) is 21.7 Å². The molecule has 1 aromatic carbocycles. The van der Waals surface area contributed by atoms with Crippen molar-refractivity contribution in [3.8, 4) is 11.6 Å². The molecule has 8 heteroatoms. The first-order chi connectivity index (χ1) is 13.8. The molecule has 0 aliphatic carbocycles. The normalized spacial score (nSPS) is 10.1. The van der Waals surface area contributed by atoms with E-state index in [-0.39, 0.29) is 0 Å². The summed E-state index contributed by atoms with van der Waals surface area (Å²) in [6, 6.07) is 11.1. The van der Waals surface area contributed by atoms with Gasteiger partial charge in [-0.15, -0.1) is 0 Å². The van der Waals surface area contributed by atoms with Crippen molar-refractivity contribution in [2.45, 2.75) is 33.1 Å². The van der Waals surface area contributed by atoms with E-state index >= 15 is 0 Å². The number of carboxylic acid groups (broad SMARTS) is 1. The van der Waals surface area contributed by atoms with Crippen molar-refractivity contribution in [2.75, 3.05) is 0 Å². The van der Waals surface area contributed by atoms with Crippen LogP contribution in [0, 0.1) is 6.92 Å². The van der Waals surface area contributed by atoms with Gasteiger partial charge in [-0.3, -0.25) is 4.79 Å². The Morgan fingerprint density at radius 1 is 1.03 bits per heavy atom. The molecule has 3 rings (SSSR count). The number of pyridine rings is 1. The van der Waals surface area contributed by atoms with Crippen LogP contribution in [0.3, 0.4) is 0 Å². The molecule has 29 heavy (non-hydrogen) atoms. The smallest absolute Gasteiger partial charge is 0.300 e. The van der Waals surface area contributed by atoms with Gasteiger partial charge < -0.3 is 9.84 Å². The van der Waals surface area contributed by atoms with Crippen molar-refractivity contribution in [1.82, 2.24) is 15.0 Å². The van der Waals surface area contributed by atoms with Gasteiger partial charge in [0.05, 0.1) is 16.4 Å². The van der Waals surface area contributed by atoms with Crippen LogP contribution in [-0.2, 0) is 17.6 Å². The Labute approximate surface area is 179 Å². The number of aryl methyl sites for hydroxylation is 3. The highest BCUT2D eigenvalue weighted by atomic mass is 35.5. The van der Waals surface area contributed by atoms with Gasteiger partial charge in [0.15, 0.2) is 0 Å². The maximum atomic E-state index is 9.00. The van der Waals surface area contributed by atoms with Crippen LogP contribution < -0.4 is 4.74 Å². The fourth-order valence-electron chi connectivity index (χ4n) is 2.38. The molecule has 0 atom stereocenters. The van der Waals surface area contributed by atoms with E-state index in [2.05, 4.69) is 15.0 Å². The van der Waals surface area contributed by atoms with Crippen LogP contribution in [0.5, 0.6) is 11.6 Å². The van der Waals surface area contributed by atoms with Crippen molar-refractivity contribution < 1.29 is 14.6 Å². The number of hydrogen-bond acceptors (Lipinski definition) is 5. The first-order valence-corrected chi connectivity index (χ1v) is 9.64. The Morgan fingerprint density at radius 2 is 1.72 bits per heavy atom. The average molecular weight is 434 g/mol. The first kappa shape index (κ1) is 22.6. The van der Waals surface area contributed by atoms with E-state index in [1.807, 2.05) is 37.4 Å². The van der Waals surface area contributed by atoms with E-state index in [9.17, 15) is 0 Å². The van der Waals surface area contributed by atoms with Gasteiger partial charge >= 0.3 is 0 Å². The number of benzene rings is 1. The summed E-state index contributed by atoms with van der Waals surface area (Å²) in [7, 11) is 0. The molecule has 0 aliphatic heterocycles. The molecule has 3 aromatic rings. The molecule has 0 unspecified atom stereocenters. The maximum Gasteiger partial charge on any atom is 0.300 e. The molecular formula is C21H21Cl2N3O3. The minimum absolute atomic E-state index is 0.556. The molecule has 0 radical (unpaired) electrons. The van der Waals surface area contributed by atoms with E-state index in [1.165, 1.54) is 0 Å². The van der Waals surface area contributed by atoms with Gasteiger partial charge in [0.1, 0.15) is 12.1 Å². The van der Waals surface area contributed by atoms with Crippen LogP contribution in [-0.4, -0.2) is 26.0 Å². The lowest BCUT2D eigenvalue weighted by Crippen LogP contribution is -1.98. The third-order valence-corrected chi connectivity index (χ3v) is 4.49. The topological polar surface area (TPSA) is 85.2 Å². The van der Waals surface area contributed by atoms with E-state index in [1.54, 1.807) is 18.5 Å². The van der Waals surface area contributed by atoms with Gasteiger partial charge in [-0.1, -0.05) is 29.3 Å². The fourth-order valence-corrected chi connectivity index (χ4v) is 2.70. The van der Waals surface area contributed by atoms with Crippen LogP contribution >= 0.6 is 23.2 Å². The lowest BCUT2D eigenvalue weighted by molar-refractivity contribution is -0.134. The molecule has 0 spiro atoms. The molecule has 0 bridgehead atoms. The second-order valence-electron chi connectivity index (χ2n) is 6.15. The second-order valence-corrected chi connectivity index (χ2v) is 6.97. The second kappa shape index (κ2) is 11.3. The zero-order valence-corrected chi connectivity index (χ0v) is 17.6. The summed E-state index contributed by atoms with van der Waals surface area (Å²) in [4.78, 5) is 21.7. The highest BCUT2D eigenvalue weighted by molar-refractivity contribution is 6.31. The van der Waals surface area contributed by atoms with E-state index in [0.717, 1.165) is 43.1 Å². The van der Waals surface area contributed by atoms with Crippen LogP contribution in [0.15, 0.2) is 48.9 Å². The Morgan fingerprint density at radius 3 is 2.34 bits per heavy atom. The summed E-state index contributed by atoms with van der Waals surface area (Å²) in [6.07, 6.45) is 6.03. The molecule has 2 heterocycles. The quantitative estimate of drug-likeness (QED) is 0.548. The molecule has 152 valence electrons. The number of ether oxygens (including phenoxy) is 1. The molecule has 2 aromatic heterocycles. The summed E-state index contributed by atoms with van der Waals surface area (Å²) in [5.41, 5.74) is 2.85. The Bertz CT molecular complexity index is 929. The molecule has 0 saturated carbocycles. The monoisotopic (exact) mass is 433 g/mol. The Kier molecular flexibility index (Phi) is 8.83. The summed E-state index contributed by atoms with van der Waals surface area (Å²) < 4.78 is 5.69. The Balaban J connectivity index is 0.000000687. The zero-order chi connectivity index (χ0) is 21.2. The fraction of sp³-hybridized carbons (Fsp3) is 0.238. The summed E-state index contributed by atoms with van der Waals surface area (Å²) >= 11 is 12.1. The van der Waals surface area contributed by atoms with Gasteiger partial charge in [-0.05, 0) is 56.0 Å². The van der Waals surface area contributed by atoms with Gasteiger partial charge in [0.25, 0.3) is 5.97 Å². The first-order valence-electron chi connectivity index (χ1n) is 8.89. The summed E-state index contributed by atoms with van der Waals surface area (Å²) in [5, 5.41) is 8.75. The SMILES string of the molecule is CC(=O)O.Cc1ncnc(CCCc2ccc(Oc3ccc(Cl)cc3)nc2)c1Cl. The van der Waals surface area contributed by atoms with Gasteiger partial charge in [0.2, 0.25) is 5.88 Å². The summed E-state index contributed by atoms with van der Waals surface area (Å²) in [6.45, 7) is 2.97. The third kappa shape index (κ3) is 8.05. The number of hydrogen-bond donors (Lipinski definition) is 1. The largest absolute Gasteiger partial charge is 0.481 e. The van der Waals surface area contributed by atoms with Crippen molar-refractivity contribution in [3.63, 3.8) is 0 Å². The third-order valence-electron chi connectivity index (χ3n) is 3.75. The van der Waals surface area contributed by atoms with Crippen LogP contribution in [0.4, 0.5) is 0 Å². The number of nitrogens with zero attached hydrogens (tertiary/aromatic N) is 3. The van der Waals surface area contributed by atoms with Gasteiger partial charge in [-0.25, -0.2) is 15.0 Å². The van der Waals surface area contributed by atoms with Crippen molar-refractivity contribution >= 4 is 29.2 Å². The Hall–Kier alpha value is -2.70. The lowest BCUT2D eigenvalue weighted by atomic mass is 10.1. The standard InChI is InChI=1S/C19H17Cl2N3O.C2H4O2/c1-13-19(21)17(24-12-23-13)4-2-3-14-5-10-18(22-11-14)25-16-8-6-15(20)7-9-16;1-2(3)4/h5-12H,2-4H2,1H3;1H3,(H,3,4). The molecule has 0 amide bonds. The van der Waals surface area contributed by atoms with Crippen molar-refractivity contribution in [3.05, 3.63) is 75.9 Å². The number of carbonyl (C=O) groups is 1. The minimum Gasteiger partial charge on any atom is -0.481 e. The highest BCUT2D eigenvalue weighted by Crippen LogP contribution is 2.22. The maximum absolute atomic E-state index is 9.00. The predicted octanol–water partition coefficient (Wildman–Crippen LogP) is 5.55. The molecular weight excluding hydrogens is 413 g/mol. The van der Waals surface area contributed by atoms with Crippen molar-refractivity contribution in [1.29, 1.82) is 0 Å². The van der Waals surface area contributed by atoms with Crippen LogP contribution in [0.1, 0.15) is 30.3 Å². The van der Waals surface area contributed by atoms with Gasteiger partial charge in [0, 0.05) is 24.2 Å². The van der Waals surface area contributed by atoms with Crippen molar-refractivity contribution in [2.24, 2.45) is 0 Å². The molecule has 0 aliphatic rings. The van der Waals surface area contributed by atoms with E-state index < -0.39 is 5.97 Å². The number of carboxylic acids is 1. The zero-order valence-electron chi connectivity index (χ0n) is 16.1. The lowest BCUT2D eigenvalue weighted by Gasteiger charge is -2.07. The molecule has 6 nitrogen and oxygen atoms in total. The predicted molar refractivity (Wildman–Crippen MR) is 113 cm³/mol. The van der Waals surface area contributed by atoms with Crippen LogP contribution in [0.25, 0.3) is 0 Å².